The van der Waals surface area contributed by atoms with Gasteiger partial charge in [-0.1, -0.05) is 6.92 Å². The third-order valence-electron chi connectivity index (χ3n) is 2.41. The summed E-state index contributed by atoms with van der Waals surface area (Å²) in [4.78, 5) is 0. The van der Waals surface area contributed by atoms with Crippen LogP contribution in [0.15, 0.2) is 0 Å². The van der Waals surface area contributed by atoms with Crippen molar-refractivity contribution in [1.29, 1.82) is 0 Å². The minimum atomic E-state index is -3.21. The Morgan fingerprint density at radius 2 is 0.900 bits per heavy atom. The topological polar surface area (TPSA) is 55.4 Å². The highest BCUT2D eigenvalue weighted by Gasteiger charge is 2.55. The van der Waals surface area contributed by atoms with Gasteiger partial charge in [0.05, 0.1) is 0 Å². The van der Waals surface area contributed by atoms with Crippen LogP contribution in [0.4, 0.5) is 0 Å². The van der Waals surface area contributed by atoms with Crippen molar-refractivity contribution in [3.63, 3.8) is 0 Å². The first-order chi connectivity index (χ1) is 9.57. The summed E-state index contributed by atoms with van der Waals surface area (Å²) in [6.07, 6.45) is 0. The fraction of sp³-hybridized carbons (Fsp3) is 1.00. The molecule has 0 aromatic heterocycles. The van der Waals surface area contributed by atoms with E-state index in [-0.39, 0.29) is 0 Å². The van der Waals surface area contributed by atoms with E-state index >= 15 is 0 Å². The normalized spacial score (nSPS) is 12.9. The standard InChI is InChI=1S/C12H30O6Si2/c1-7-13-19(12-6,14-8-2)18-20(15-9-3,16-10-4)17-11-5/h7-12H2,1-6H3. The van der Waals surface area contributed by atoms with Crippen molar-refractivity contribution in [2.45, 2.75) is 47.6 Å². The average Bonchev–Trinajstić information content (AvgIpc) is 2.40. The van der Waals surface area contributed by atoms with Gasteiger partial charge in [0, 0.05) is 39.1 Å². The van der Waals surface area contributed by atoms with Gasteiger partial charge in [0.2, 0.25) is 0 Å². The maximum absolute atomic E-state index is 6.14. The van der Waals surface area contributed by atoms with Crippen molar-refractivity contribution in [3.05, 3.63) is 0 Å². The van der Waals surface area contributed by atoms with Crippen LogP contribution in [0.5, 0.6) is 0 Å². The van der Waals surface area contributed by atoms with Crippen molar-refractivity contribution in [1.82, 2.24) is 0 Å². The van der Waals surface area contributed by atoms with Crippen molar-refractivity contribution in [2.24, 2.45) is 0 Å². The van der Waals surface area contributed by atoms with Gasteiger partial charge in [-0.05, 0) is 34.6 Å². The minimum Gasteiger partial charge on any atom is -0.374 e. The second-order valence-electron chi connectivity index (χ2n) is 3.80. The second kappa shape index (κ2) is 10.9. The van der Waals surface area contributed by atoms with Crippen molar-refractivity contribution in [2.75, 3.05) is 33.0 Å². The Bertz CT molecular complexity index is 219. The van der Waals surface area contributed by atoms with Crippen LogP contribution in [0.3, 0.4) is 0 Å². The largest absolute Gasteiger partial charge is 0.672 e. The van der Waals surface area contributed by atoms with E-state index in [1.807, 2.05) is 41.5 Å². The molecule has 0 saturated heterocycles. The van der Waals surface area contributed by atoms with Crippen LogP contribution in [-0.4, -0.2) is 50.9 Å². The molecule has 0 aliphatic carbocycles. The molecule has 0 unspecified atom stereocenters. The highest BCUT2D eigenvalue weighted by Crippen LogP contribution is 2.24. The van der Waals surface area contributed by atoms with Gasteiger partial charge in [-0.2, -0.15) is 0 Å². The first-order valence-electron chi connectivity index (χ1n) is 7.47. The third kappa shape index (κ3) is 6.31. The van der Waals surface area contributed by atoms with E-state index in [0.29, 0.717) is 39.1 Å². The van der Waals surface area contributed by atoms with Gasteiger partial charge in [-0.25, -0.2) is 0 Å². The minimum absolute atomic E-state index is 0.457. The summed E-state index contributed by atoms with van der Waals surface area (Å²) in [6.45, 7) is 13.9. The van der Waals surface area contributed by atoms with E-state index in [0.717, 1.165) is 0 Å². The van der Waals surface area contributed by atoms with Crippen molar-refractivity contribution in [3.8, 4) is 0 Å². The van der Waals surface area contributed by atoms with E-state index in [1.54, 1.807) is 0 Å². The van der Waals surface area contributed by atoms with Gasteiger partial charge in [-0.15, -0.1) is 0 Å². The molecule has 0 aromatic rings. The summed E-state index contributed by atoms with van der Waals surface area (Å²) in [5.41, 5.74) is 0. The lowest BCUT2D eigenvalue weighted by atomic mass is 10.9. The van der Waals surface area contributed by atoms with Gasteiger partial charge in [0.25, 0.3) is 0 Å². The highest BCUT2D eigenvalue weighted by molar-refractivity contribution is 6.72. The van der Waals surface area contributed by atoms with Gasteiger partial charge in [-0.3, -0.25) is 0 Å². The summed E-state index contributed by atoms with van der Waals surface area (Å²) in [5, 5.41) is 0. The number of rotatable bonds is 13. The molecular formula is C12H30O6Si2. The Morgan fingerprint density at radius 3 is 1.15 bits per heavy atom. The molecule has 0 saturated carbocycles. The molecule has 6 nitrogen and oxygen atoms in total. The predicted octanol–water partition coefficient (Wildman–Crippen LogP) is 2.58. The summed E-state index contributed by atoms with van der Waals surface area (Å²) in [5.74, 6) is 0. The first kappa shape index (κ1) is 20.2. The lowest BCUT2D eigenvalue weighted by Gasteiger charge is -2.35. The van der Waals surface area contributed by atoms with Crippen LogP contribution in [0.2, 0.25) is 6.04 Å². The second-order valence-corrected chi connectivity index (χ2v) is 9.14. The molecule has 0 N–H and O–H groups in total. The lowest BCUT2D eigenvalue weighted by molar-refractivity contribution is -0.0220. The summed E-state index contributed by atoms with van der Waals surface area (Å²) in [7, 11) is -6.04. The molecule has 0 bridgehead atoms. The van der Waals surface area contributed by atoms with E-state index < -0.39 is 17.9 Å². The molecule has 20 heavy (non-hydrogen) atoms. The molecule has 0 fully saturated rings. The van der Waals surface area contributed by atoms with Crippen LogP contribution in [-0.2, 0) is 26.2 Å². The quantitative estimate of drug-likeness (QED) is 0.485. The smallest absolute Gasteiger partial charge is 0.374 e. The highest BCUT2D eigenvalue weighted by atomic mass is 28.5. The average molecular weight is 327 g/mol. The molecule has 0 spiro atoms. The van der Waals surface area contributed by atoms with Gasteiger partial charge in [0.15, 0.2) is 0 Å². The summed E-state index contributed by atoms with van der Waals surface area (Å²) < 4.78 is 34.9. The molecule has 0 heterocycles. The first-order valence-corrected chi connectivity index (χ1v) is 11.0. The molecule has 0 aliphatic heterocycles. The summed E-state index contributed by atoms with van der Waals surface area (Å²) >= 11 is 0. The van der Waals surface area contributed by atoms with Crippen LogP contribution >= 0.6 is 0 Å². The lowest BCUT2D eigenvalue weighted by Crippen LogP contribution is -2.60. The molecule has 122 valence electrons. The van der Waals surface area contributed by atoms with E-state index in [9.17, 15) is 0 Å². The third-order valence-corrected chi connectivity index (χ3v) is 8.90. The van der Waals surface area contributed by atoms with Gasteiger partial charge >= 0.3 is 17.9 Å². The Labute approximate surface area is 125 Å². The number of hydrogen-bond acceptors (Lipinski definition) is 6. The van der Waals surface area contributed by atoms with E-state index in [4.69, 9.17) is 26.2 Å². The van der Waals surface area contributed by atoms with E-state index in [2.05, 4.69) is 0 Å². The molecular weight excluding hydrogens is 296 g/mol. The number of hydrogen-bond donors (Lipinski definition) is 0. The molecule has 0 amide bonds. The van der Waals surface area contributed by atoms with Crippen molar-refractivity contribution >= 4 is 17.9 Å². The summed E-state index contributed by atoms with van der Waals surface area (Å²) in [6, 6.07) is 0.649. The molecule has 0 aliphatic rings. The van der Waals surface area contributed by atoms with Crippen LogP contribution < -0.4 is 0 Å². The van der Waals surface area contributed by atoms with Crippen LogP contribution in [0, 0.1) is 0 Å². The predicted molar refractivity (Wildman–Crippen MR) is 81.2 cm³/mol. The Hall–Kier alpha value is 0.194. The maximum Gasteiger partial charge on any atom is 0.672 e. The molecule has 0 radical (unpaired) electrons. The van der Waals surface area contributed by atoms with Gasteiger partial charge < -0.3 is 26.2 Å². The maximum atomic E-state index is 6.14. The van der Waals surface area contributed by atoms with Crippen LogP contribution in [0.1, 0.15) is 41.5 Å². The van der Waals surface area contributed by atoms with Crippen molar-refractivity contribution < 1.29 is 26.2 Å². The molecule has 0 aromatic carbocycles. The fourth-order valence-corrected chi connectivity index (χ4v) is 7.71. The Morgan fingerprint density at radius 1 is 0.550 bits per heavy atom. The zero-order valence-electron chi connectivity index (χ0n) is 13.7. The van der Waals surface area contributed by atoms with Gasteiger partial charge in [0.1, 0.15) is 0 Å². The Balaban J connectivity index is 5.19. The fourth-order valence-electron chi connectivity index (χ4n) is 1.75. The van der Waals surface area contributed by atoms with E-state index in [1.165, 1.54) is 0 Å². The monoisotopic (exact) mass is 326 g/mol. The Kier molecular flexibility index (Phi) is 11.0. The molecule has 0 atom stereocenters. The molecule has 8 heteroatoms. The zero-order chi connectivity index (χ0) is 15.5. The molecule has 0 rings (SSSR count). The zero-order valence-corrected chi connectivity index (χ0v) is 15.7. The van der Waals surface area contributed by atoms with Crippen LogP contribution in [0.25, 0.3) is 0 Å². The SMILES string of the molecule is CCO[Si](CC)(OCC)O[Si](OCC)(OCC)OCC.